The Hall–Kier alpha value is -1.40. The largest absolute Gasteiger partial charge is 0.357 e. The van der Waals surface area contributed by atoms with E-state index in [-0.39, 0.29) is 11.9 Å². The summed E-state index contributed by atoms with van der Waals surface area (Å²) < 4.78 is 0. The van der Waals surface area contributed by atoms with E-state index in [1.54, 1.807) is 13.2 Å². The normalized spacial score (nSPS) is 20.1. The SMILES string of the molecule is CNC(=O)C1CNCCN1c1cncc(Cl)n1. The Morgan fingerprint density at radius 2 is 2.47 bits per heavy atom. The van der Waals surface area contributed by atoms with Crippen molar-refractivity contribution in [2.75, 3.05) is 31.6 Å². The topological polar surface area (TPSA) is 70.2 Å². The van der Waals surface area contributed by atoms with Crippen LogP contribution >= 0.6 is 11.6 Å². The summed E-state index contributed by atoms with van der Waals surface area (Å²) in [5.41, 5.74) is 0. The quantitative estimate of drug-likeness (QED) is 0.756. The van der Waals surface area contributed by atoms with Crippen LogP contribution in [0.4, 0.5) is 5.82 Å². The second-order valence-corrected chi connectivity index (χ2v) is 4.11. The van der Waals surface area contributed by atoms with Gasteiger partial charge in [0.05, 0.1) is 12.4 Å². The molecule has 1 atom stereocenters. The van der Waals surface area contributed by atoms with Gasteiger partial charge in [-0.2, -0.15) is 0 Å². The molecule has 1 aromatic heterocycles. The molecule has 0 aliphatic carbocycles. The first kappa shape index (κ1) is 12.1. The first-order chi connectivity index (χ1) is 8.22. The Morgan fingerprint density at radius 3 is 3.18 bits per heavy atom. The second kappa shape index (κ2) is 5.29. The van der Waals surface area contributed by atoms with Gasteiger partial charge in [0, 0.05) is 26.7 Å². The maximum atomic E-state index is 11.8. The zero-order valence-corrected chi connectivity index (χ0v) is 10.2. The van der Waals surface area contributed by atoms with E-state index in [9.17, 15) is 4.79 Å². The number of rotatable bonds is 2. The maximum absolute atomic E-state index is 11.8. The van der Waals surface area contributed by atoms with Crippen molar-refractivity contribution in [2.24, 2.45) is 0 Å². The van der Waals surface area contributed by atoms with Crippen LogP contribution in [0.1, 0.15) is 0 Å². The molecule has 92 valence electrons. The fourth-order valence-electron chi connectivity index (χ4n) is 1.85. The highest BCUT2D eigenvalue weighted by atomic mass is 35.5. The second-order valence-electron chi connectivity index (χ2n) is 3.73. The molecule has 0 spiro atoms. The van der Waals surface area contributed by atoms with E-state index < -0.39 is 0 Å². The van der Waals surface area contributed by atoms with E-state index in [1.807, 2.05) is 4.90 Å². The molecule has 1 unspecified atom stereocenters. The van der Waals surface area contributed by atoms with E-state index in [0.717, 1.165) is 6.54 Å². The third-order valence-electron chi connectivity index (χ3n) is 2.68. The highest BCUT2D eigenvalue weighted by molar-refractivity contribution is 6.29. The van der Waals surface area contributed by atoms with Crippen molar-refractivity contribution >= 4 is 23.3 Å². The molecular weight excluding hydrogens is 242 g/mol. The number of hydrogen-bond donors (Lipinski definition) is 2. The Balaban J connectivity index is 2.24. The van der Waals surface area contributed by atoms with Gasteiger partial charge in [0.15, 0.2) is 0 Å². The van der Waals surface area contributed by atoms with E-state index in [4.69, 9.17) is 11.6 Å². The highest BCUT2D eigenvalue weighted by Crippen LogP contribution is 2.16. The summed E-state index contributed by atoms with van der Waals surface area (Å²) in [5.74, 6) is 0.589. The van der Waals surface area contributed by atoms with Gasteiger partial charge in [-0.25, -0.2) is 4.98 Å². The Labute approximate surface area is 104 Å². The van der Waals surface area contributed by atoms with Gasteiger partial charge < -0.3 is 15.5 Å². The van der Waals surface area contributed by atoms with Crippen LogP contribution in [0.25, 0.3) is 0 Å². The number of amides is 1. The average molecular weight is 256 g/mol. The van der Waals surface area contributed by atoms with Crippen LogP contribution < -0.4 is 15.5 Å². The lowest BCUT2D eigenvalue weighted by Crippen LogP contribution is -2.58. The molecule has 0 bridgehead atoms. The number of anilines is 1. The minimum atomic E-state index is -0.276. The van der Waals surface area contributed by atoms with Gasteiger partial charge in [-0.05, 0) is 0 Å². The molecule has 2 N–H and O–H groups in total. The monoisotopic (exact) mass is 255 g/mol. The number of likely N-dealkylation sites (N-methyl/N-ethyl adjacent to an activating group) is 1. The van der Waals surface area contributed by atoms with Crippen LogP contribution in [0.3, 0.4) is 0 Å². The Bertz CT molecular complexity index is 413. The fraction of sp³-hybridized carbons (Fsp3) is 0.500. The van der Waals surface area contributed by atoms with Gasteiger partial charge in [-0.3, -0.25) is 9.78 Å². The van der Waals surface area contributed by atoms with Crippen LogP contribution in [0.5, 0.6) is 0 Å². The number of carbonyl (C=O) groups is 1. The van der Waals surface area contributed by atoms with Crippen LogP contribution in [0, 0.1) is 0 Å². The van der Waals surface area contributed by atoms with Crippen molar-refractivity contribution in [1.29, 1.82) is 0 Å². The van der Waals surface area contributed by atoms with Crippen LogP contribution in [0.2, 0.25) is 5.15 Å². The van der Waals surface area contributed by atoms with Gasteiger partial charge in [0.25, 0.3) is 0 Å². The average Bonchev–Trinajstić information content (AvgIpc) is 2.38. The molecule has 1 saturated heterocycles. The van der Waals surface area contributed by atoms with Gasteiger partial charge in [-0.15, -0.1) is 0 Å². The zero-order chi connectivity index (χ0) is 12.3. The van der Waals surface area contributed by atoms with Crippen molar-refractivity contribution in [1.82, 2.24) is 20.6 Å². The molecule has 2 rings (SSSR count). The molecule has 0 aromatic carbocycles. The number of halogens is 1. The lowest BCUT2D eigenvalue weighted by Gasteiger charge is -2.35. The first-order valence-electron chi connectivity index (χ1n) is 5.39. The predicted molar refractivity (Wildman–Crippen MR) is 65.1 cm³/mol. The molecule has 7 heteroatoms. The summed E-state index contributed by atoms with van der Waals surface area (Å²) in [6, 6.07) is -0.276. The van der Waals surface area contributed by atoms with E-state index in [1.165, 1.54) is 6.20 Å². The number of aromatic nitrogens is 2. The molecule has 2 heterocycles. The smallest absolute Gasteiger partial charge is 0.243 e. The maximum Gasteiger partial charge on any atom is 0.243 e. The summed E-state index contributed by atoms with van der Waals surface area (Å²) in [6.45, 7) is 2.10. The van der Waals surface area contributed by atoms with Crippen LogP contribution in [-0.4, -0.2) is 48.6 Å². The van der Waals surface area contributed by atoms with Crippen molar-refractivity contribution < 1.29 is 4.79 Å². The number of nitrogens with zero attached hydrogens (tertiary/aromatic N) is 3. The van der Waals surface area contributed by atoms with Crippen molar-refractivity contribution in [2.45, 2.75) is 6.04 Å². The van der Waals surface area contributed by atoms with E-state index >= 15 is 0 Å². The van der Waals surface area contributed by atoms with Crippen molar-refractivity contribution in [3.05, 3.63) is 17.5 Å². The lowest BCUT2D eigenvalue weighted by atomic mass is 10.2. The van der Waals surface area contributed by atoms with Crippen LogP contribution in [0.15, 0.2) is 12.4 Å². The van der Waals surface area contributed by atoms with E-state index in [2.05, 4.69) is 20.6 Å². The predicted octanol–water partition coefficient (Wildman–Crippen LogP) is -0.346. The lowest BCUT2D eigenvalue weighted by molar-refractivity contribution is -0.122. The number of nitrogens with one attached hydrogen (secondary N) is 2. The molecule has 1 amide bonds. The third kappa shape index (κ3) is 2.65. The van der Waals surface area contributed by atoms with Crippen molar-refractivity contribution in [3.63, 3.8) is 0 Å². The third-order valence-corrected chi connectivity index (χ3v) is 2.86. The van der Waals surface area contributed by atoms with Gasteiger partial charge in [0.2, 0.25) is 5.91 Å². The first-order valence-corrected chi connectivity index (χ1v) is 5.76. The standard InChI is InChI=1S/C10H14ClN5O/c1-12-10(17)7-4-13-2-3-16(7)9-6-14-5-8(11)15-9/h5-7,13H,2-4H2,1H3,(H,12,17). The molecule has 0 saturated carbocycles. The molecule has 1 aliphatic heterocycles. The molecule has 1 aliphatic rings. The summed E-state index contributed by atoms with van der Waals surface area (Å²) in [4.78, 5) is 21.8. The van der Waals surface area contributed by atoms with Gasteiger partial charge >= 0.3 is 0 Å². The Kier molecular flexibility index (Phi) is 3.75. The van der Waals surface area contributed by atoms with Crippen molar-refractivity contribution in [3.8, 4) is 0 Å². The molecule has 0 radical (unpaired) electrons. The zero-order valence-electron chi connectivity index (χ0n) is 9.48. The summed E-state index contributed by atoms with van der Waals surface area (Å²) in [5, 5.41) is 6.16. The number of hydrogen-bond acceptors (Lipinski definition) is 5. The van der Waals surface area contributed by atoms with Crippen LogP contribution in [-0.2, 0) is 4.79 Å². The summed E-state index contributed by atoms with van der Waals surface area (Å²) >= 11 is 5.81. The number of carbonyl (C=O) groups excluding carboxylic acids is 1. The highest BCUT2D eigenvalue weighted by Gasteiger charge is 2.29. The molecular formula is C10H14ClN5O. The molecule has 6 nitrogen and oxygen atoms in total. The summed E-state index contributed by atoms with van der Waals surface area (Å²) in [7, 11) is 1.62. The minimum absolute atomic E-state index is 0.0426. The Morgan fingerprint density at radius 1 is 1.65 bits per heavy atom. The number of piperazine rings is 1. The van der Waals surface area contributed by atoms with E-state index in [0.29, 0.717) is 24.1 Å². The minimum Gasteiger partial charge on any atom is -0.357 e. The van der Waals surface area contributed by atoms with Gasteiger partial charge in [0.1, 0.15) is 17.0 Å². The molecule has 17 heavy (non-hydrogen) atoms. The fourth-order valence-corrected chi connectivity index (χ4v) is 1.99. The van der Waals surface area contributed by atoms with Gasteiger partial charge in [-0.1, -0.05) is 11.6 Å². The molecule has 1 fully saturated rings. The summed E-state index contributed by atoms with van der Waals surface area (Å²) in [6.07, 6.45) is 3.09. The molecule has 1 aromatic rings.